The summed E-state index contributed by atoms with van der Waals surface area (Å²) in [6, 6.07) is 10.4. The fourth-order valence-electron chi connectivity index (χ4n) is 3.41. The van der Waals surface area contributed by atoms with Gasteiger partial charge in [-0.15, -0.1) is 0 Å². The van der Waals surface area contributed by atoms with Crippen molar-refractivity contribution in [3.05, 3.63) is 48.2 Å². The lowest BCUT2D eigenvalue weighted by atomic mass is 10.1. The first-order valence-corrected chi connectivity index (χ1v) is 10.1. The van der Waals surface area contributed by atoms with E-state index in [2.05, 4.69) is 5.10 Å². The highest BCUT2D eigenvalue weighted by Crippen LogP contribution is 2.30. The number of carbonyl (C=O) groups excluding carboxylic acids is 2. The van der Waals surface area contributed by atoms with E-state index in [1.807, 2.05) is 7.05 Å². The Morgan fingerprint density at radius 3 is 2.56 bits per heavy atom. The Kier molecular flexibility index (Phi) is 6.24. The summed E-state index contributed by atoms with van der Waals surface area (Å²) in [7, 11) is 1.81. The Labute approximate surface area is 184 Å². The van der Waals surface area contributed by atoms with Crippen LogP contribution in [0.3, 0.4) is 0 Å². The summed E-state index contributed by atoms with van der Waals surface area (Å²) in [6.07, 6.45) is 1.64. The standard InChI is InChI=1S/C22H24N4O6/c1-25-19-9-20(18(22(23)29)8-14(19)10-24-25)32-16-4-2-15(3-5-16)30-6-7-31-17-11-26(12-17)21(28)13-27/h2-5,8-10,17,27H,6-7,11-13H2,1H3,(H2,23,29). The number of aliphatic hydroxyl groups excluding tert-OH is 1. The SMILES string of the molecule is Cn1ncc2cc(C(N)=O)c(Oc3ccc(OCCOC4CN(C(=O)CO)C4)cc3)cc21. The van der Waals surface area contributed by atoms with Crippen molar-refractivity contribution in [2.75, 3.05) is 32.9 Å². The van der Waals surface area contributed by atoms with Gasteiger partial charge in [0.05, 0.1) is 30.0 Å². The molecule has 0 radical (unpaired) electrons. The molecule has 4 rings (SSSR count). The summed E-state index contributed by atoms with van der Waals surface area (Å²) in [5, 5.41) is 13.8. The van der Waals surface area contributed by atoms with Gasteiger partial charge in [0, 0.05) is 31.6 Å². The van der Waals surface area contributed by atoms with Gasteiger partial charge in [0.15, 0.2) is 0 Å². The molecule has 2 amide bonds. The number of hydrogen-bond donors (Lipinski definition) is 2. The van der Waals surface area contributed by atoms with Gasteiger partial charge in [-0.25, -0.2) is 0 Å². The molecule has 0 saturated carbocycles. The second kappa shape index (κ2) is 9.25. The molecule has 0 atom stereocenters. The highest BCUT2D eigenvalue weighted by Gasteiger charge is 2.30. The summed E-state index contributed by atoms with van der Waals surface area (Å²) >= 11 is 0. The van der Waals surface area contributed by atoms with Crippen LogP contribution in [0.1, 0.15) is 10.4 Å². The van der Waals surface area contributed by atoms with Gasteiger partial charge in [0.25, 0.3) is 5.91 Å². The molecule has 168 valence electrons. The lowest BCUT2D eigenvalue weighted by molar-refractivity contribution is -0.148. The lowest BCUT2D eigenvalue weighted by Crippen LogP contribution is -2.55. The zero-order valence-electron chi connectivity index (χ0n) is 17.6. The van der Waals surface area contributed by atoms with E-state index in [1.54, 1.807) is 52.2 Å². The molecule has 0 bridgehead atoms. The van der Waals surface area contributed by atoms with Crippen molar-refractivity contribution in [2.45, 2.75) is 6.10 Å². The molecule has 32 heavy (non-hydrogen) atoms. The van der Waals surface area contributed by atoms with Crippen molar-refractivity contribution in [2.24, 2.45) is 12.8 Å². The molecule has 2 aromatic carbocycles. The number of aromatic nitrogens is 2. The first kappa shape index (κ1) is 21.6. The van der Waals surface area contributed by atoms with Gasteiger partial charge in [0.2, 0.25) is 5.91 Å². The Morgan fingerprint density at radius 2 is 1.88 bits per heavy atom. The Bertz CT molecular complexity index is 1120. The van der Waals surface area contributed by atoms with E-state index >= 15 is 0 Å². The smallest absolute Gasteiger partial charge is 0.252 e. The molecular weight excluding hydrogens is 416 g/mol. The number of amides is 2. The van der Waals surface area contributed by atoms with E-state index in [0.717, 1.165) is 10.9 Å². The van der Waals surface area contributed by atoms with Crippen LogP contribution >= 0.6 is 0 Å². The van der Waals surface area contributed by atoms with E-state index in [4.69, 9.17) is 25.1 Å². The molecule has 2 heterocycles. The maximum Gasteiger partial charge on any atom is 0.252 e. The molecule has 3 aromatic rings. The highest BCUT2D eigenvalue weighted by atomic mass is 16.5. The summed E-state index contributed by atoms with van der Waals surface area (Å²) < 4.78 is 18.9. The van der Waals surface area contributed by atoms with E-state index in [0.29, 0.717) is 43.6 Å². The molecule has 1 aromatic heterocycles. The number of fused-ring (bicyclic) bond motifs is 1. The minimum Gasteiger partial charge on any atom is -0.491 e. The first-order chi connectivity index (χ1) is 15.4. The average Bonchev–Trinajstić information content (AvgIpc) is 3.12. The number of ether oxygens (including phenoxy) is 3. The van der Waals surface area contributed by atoms with Gasteiger partial charge in [-0.2, -0.15) is 5.10 Å². The molecular formula is C22H24N4O6. The molecule has 1 saturated heterocycles. The second-order valence-corrected chi connectivity index (χ2v) is 7.41. The molecule has 0 unspecified atom stereocenters. The average molecular weight is 440 g/mol. The molecule has 0 aliphatic carbocycles. The van der Waals surface area contributed by atoms with E-state index in [-0.39, 0.29) is 17.6 Å². The third kappa shape index (κ3) is 4.66. The largest absolute Gasteiger partial charge is 0.491 e. The molecule has 10 heteroatoms. The number of benzene rings is 2. The zero-order valence-corrected chi connectivity index (χ0v) is 17.6. The quantitative estimate of drug-likeness (QED) is 0.476. The molecule has 10 nitrogen and oxygen atoms in total. The Balaban J connectivity index is 1.30. The number of nitrogens with two attached hydrogens (primary N) is 1. The fourth-order valence-corrected chi connectivity index (χ4v) is 3.41. The van der Waals surface area contributed by atoms with Crippen LogP contribution < -0.4 is 15.2 Å². The summed E-state index contributed by atoms with van der Waals surface area (Å²) in [5.74, 6) is 0.655. The Hall–Kier alpha value is -3.63. The number of nitrogens with zero attached hydrogens (tertiary/aromatic N) is 3. The summed E-state index contributed by atoms with van der Waals surface area (Å²) in [4.78, 5) is 24.7. The van der Waals surface area contributed by atoms with Gasteiger partial charge in [-0.1, -0.05) is 0 Å². The van der Waals surface area contributed by atoms with Crippen LogP contribution in [0.2, 0.25) is 0 Å². The maximum atomic E-state index is 11.9. The minimum atomic E-state index is -0.582. The number of carbonyl (C=O) groups is 2. The van der Waals surface area contributed by atoms with Gasteiger partial charge >= 0.3 is 0 Å². The first-order valence-electron chi connectivity index (χ1n) is 10.1. The predicted octanol–water partition coefficient (Wildman–Crippen LogP) is 1.06. The van der Waals surface area contributed by atoms with Gasteiger partial charge in [0.1, 0.15) is 30.5 Å². The third-order valence-electron chi connectivity index (χ3n) is 5.21. The number of rotatable bonds is 9. The van der Waals surface area contributed by atoms with Gasteiger partial charge in [-0.05, 0) is 30.3 Å². The highest BCUT2D eigenvalue weighted by molar-refractivity contribution is 6.00. The third-order valence-corrected chi connectivity index (χ3v) is 5.21. The number of likely N-dealkylation sites (tertiary alicyclic amines) is 1. The van der Waals surface area contributed by atoms with Crippen LogP contribution in [0.5, 0.6) is 17.2 Å². The van der Waals surface area contributed by atoms with Crippen molar-refractivity contribution in [1.29, 1.82) is 0 Å². The second-order valence-electron chi connectivity index (χ2n) is 7.41. The summed E-state index contributed by atoms with van der Waals surface area (Å²) in [6.45, 7) is 1.24. The zero-order chi connectivity index (χ0) is 22.7. The molecule has 1 aliphatic heterocycles. The van der Waals surface area contributed by atoms with Gasteiger partial charge < -0.3 is 30.0 Å². The van der Waals surface area contributed by atoms with Crippen molar-refractivity contribution < 1.29 is 28.9 Å². The van der Waals surface area contributed by atoms with Crippen LogP contribution in [0.15, 0.2) is 42.6 Å². The summed E-state index contributed by atoms with van der Waals surface area (Å²) in [5.41, 5.74) is 6.61. The Morgan fingerprint density at radius 1 is 1.16 bits per heavy atom. The number of aryl methyl sites for hydroxylation is 1. The molecule has 1 fully saturated rings. The molecule has 3 N–H and O–H groups in total. The lowest BCUT2D eigenvalue weighted by Gasteiger charge is -2.38. The van der Waals surface area contributed by atoms with Crippen LogP contribution in [0.4, 0.5) is 0 Å². The minimum absolute atomic E-state index is 0.0268. The predicted molar refractivity (Wildman–Crippen MR) is 115 cm³/mol. The van der Waals surface area contributed by atoms with Crippen molar-refractivity contribution >= 4 is 22.7 Å². The number of hydrogen-bond acceptors (Lipinski definition) is 7. The van der Waals surface area contributed by atoms with E-state index < -0.39 is 12.5 Å². The number of aliphatic hydroxyl groups is 1. The van der Waals surface area contributed by atoms with E-state index in [1.165, 1.54) is 0 Å². The van der Waals surface area contributed by atoms with Gasteiger partial charge in [-0.3, -0.25) is 14.3 Å². The van der Waals surface area contributed by atoms with Crippen LogP contribution in [0.25, 0.3) is 10.9 Å². The normalized spacial score (nSPS) is 13.8. The van der Waals surface area contributed by atoms with Crippen LogP contribution in [-0.2, 0) is 16.6 Å². The van der Waals surface area contributed by atoms with Crippen molar-refractivity contribution in [3.63, 3.8) is 0 Å². The topological polar surface area (TPSA) is 129 Å². The molecule has 1 aliphatic rings. The van der Waals surface area contributed by atoms with Crippen LogP contribution in [0, 0.1) is 0 Å². The maximum absolute atomic E-state index is 11.9. The van der Waals surface area contributed by atoms with Crippen LogP contribution in [-0.4, -0.2) is 70.6 Å². The fraction of sp³-hybridized carbons (Fsp3) is 0.318. The monoisotopic (exact) mass is 440 g/mol. The van der Waals surface area contributed by atoms with Crippen molar-refractivity contribution in [1.82, 2.24) is 14.7 Å². The number of primary amides is 1. The van der Waals surface area contributed by atoms with Crippen molar-refractivity contribution in [3.8, 4) is 17.2 Å². The molecule has 0 spiro atoms. The van der Waals surface area contributed by atoms with E-state index in [9.17, 15) is 9.59 Å².